The Bertz CT molecular complexity index is 1350. The summed E-state index contributed by atoms with van der Waals surface area (Å²) in [4.78, 5) is 6.94. The van der Waals surface area contributed by atoms with Crippen LogP contribution in [-0.4, -0.2) is 32.2 Å². The molecule has 0 saturated heterocycles. The highest BCUT2D eigenvalue weighted by Gasteiger charge is 2.21. The molecule has 0 aliphatic heterocycles. The summed E-state index contributed by atoms with van der Waals surface area (Å²) in [5, 5.41) is 14.1. The van der Waals surface area contributed by atoms with Crippen molar-refractivity contribution in [1.82, 2.24) is 25.6 Å². The van der Waals surface area contributed by atoms with Gasteiger partial charge in [-0.3, -0.25) is 0 Å². The smallest absolute Gasteiger partial charge is 0.298 e. The molecule has 0 aliphatic rings. The number of hydrogen-bond donors (Lipinski definition) is 1. The van der Waals surface area contributed by atoms with Gasteiger partial charge in [-0.15, -0.1) is 10.2 Å². The molecule has 2 aromatic heterocycles. The lowest BCUT2D eigenvalue weighted by atomic mass is 9.96. The van der Waals surface area contributed by atoms with E-state index in [1.807, 2.05) is 36.4 Å². The zero-order valence-electron chi connectivity index (χ0n) is 19.1. The molecule has 0 fully saturated rings. The highest BCUT2D eigenvalue weighted by molar-refractivity contribution is 5.80. The highest BCUT2D eigenvalue weighted by atomic mass is 19.1. The average Bonchev–Trinajstić information content (AvgIpc) is 3.54. The number of oxazole rings is 1. The molecule has 3 aromatic carbocycles. The first-order valence-electron chi connectivity index (χ1n) is 11.4. The van der Waals surface area contributed by atoms with E-state index in [1.165, 1.54) is 12.1 Å². The van der Waals surface area contributed by atoms with Crippen molar-refractivity contribution in [3.63, 3.8) is 0 Å². The molecule has 0 unspecified atom stereocenters. The van der Waals surface area contributed by atoms with Gasteiger partial charge in [0.1, 0.15) is 11.3 Å². The number of nitrogens with one attached hydrogen (secondary N) is 1. The Morgan fingerprint density at radius 1 is 1.03 bits per heavy atom. The number of rotatable bonds is 8. The number of para-hydroxylation sites is 2. The summed E-state index contributed by atoms with van der Waals surface area (Å²) in [6.07, 6.45) is 2.11. The van der Waals surface area contributed by atoms with Crippen LogP contribution < -0.4 is 4.90 Å². The predicted octanol–water partition coefficient (Wildman–Crippen LogP) is 6.18. The first-order valence-corrected chi connectivity index (χ1v) is 11.4. The monoisotopic (exact) mass is 456 g/mol. The second kappa shape index (κ2) is 9.43. The van der Waals surface area contributed by atoms with E-state index in [0.29, 0.717) is 17.4 Å². The van der Waals surface area contributed by atoms with Gasteiger partial charge in [0.25, 0.3) is 6.01 Å². The Kier molecular flexibility index (Phi) is 6.03. The first-order chi connectivity index (χ1) is 16.6. The molecule has 7 nitrogen and oxygen atoms in total. The van der Waals surface area contributed by atoms with Crippen molar-refractivity contribution in [3.05, 3.63) is 78.1 Å². The van der Waals surface area contributed by atoms with Crippen LogP contribution in [0, 0.1) is 5.82 Å². The number of aromatic amines is 1. The summed E-state index contributed by atoms with van der Waals surface area (Å²) in [7, 11) is 0. The molecule has 8 heteroatoms. The van der Waals surface area contributed by atoms with Crippen LogP contribution in [0.5, 0.6) is 0 Å². The van der Waals surface area contributed by atoms with E-state index < -0.39 is 0 Å². The van der Waals surface area contributed by atoms with E-state index in [1.54, 1.807) is 6.07 Å². The zero-order valence-corrected chi connectivity index (χ0v) is 19.1. The average molecular weight is 457 g/mol. The minimum atomic E-state index is -0.348. The number of aromatic nitrogens is 5. The molecule has 1 N–H and O–H groups in total. The number of tetrazole rings is 1. The summed E-state index contributed by atoms with van der Waals surface area (Å²) < 4.78 is 20.0. The van der Waals surface area contributed by atoms with E-state index in [2.05, 4.69) is 51.5 Å². The number of fused-ring (bicyclic) bond motifs is 1. The molecular weight excluding hydrogens is 431 g/mol. The van der Waals surface area contributed by atoms with Crippen molar-refractivity contribution in [3.8, 4) is 22.5 Å². The number of anilines is 1. The molecule has 0 saturated carbocycles. The predicted molar refractivity (Wildman–Crippen MR) is 130 cm³/mol. The lowest BCUT2D eigenvalue weighted by Gasteiger charge is -2.28. The lowest BCUT2D eigenvalue weighted by molar-refractivity contribution is 0.524. The summed E-state index contributed by atoms with van der Waals surface area (Å²) in [5.41, 5.74) is 5.14. The van der Waals surface area contributed by atoms with Crippen molar-refractivity contribution in [2.45, 2.75) is 32.7 Å². The van der Waals surface area contributed by atoms with Gasteiger partial charge in [-0.1, -0.05) is 55.8 Å². The normalized spacial score (nSPS) is 12.2. The third-order valence-corrected chi connectivity index (χ3v) is 6.02. The van der Waals surface area contributed by atoms with E-state index in [-0.39, 0.29) is 11.9 Å². The lowest BCUT2D eigenvalue weighted by Crippen LogP contribution is -2.28. The van der Waals surface area contributed by atoms with Crippen molar-refractivity contribution < 1.29 is 8.81 Å². The van der Waals surface area contributed by atoms with Gasteiger partial charge in [-0.25, -0.2) is 4.39 Å². The number of benzene rings is 3. The molecule has 2 heterocycles. The van der Waals surface area contributed by atoms with Gasteiger partial charge >= 0.3 is 0 Å². The second-order valence-electron chi connectivity index (χ2n) is 8.23. The molecule has 34 heavy (non-hydrogen) atoms. The standard InChI is InChI=1S/C26H25FN6O/c1-3-4-15-33(26-28-23-7-5-6-8-24(23)34-26)17(2)18-9-11-19(12-10-18)21-14-13-20(27)16-22(21)25-29-31-32-30-25/h5-14,16-17H,3-4,15H2,1-2H3,(H,29,30,31,32)/t17-/m1/s1. The van der Waals surface area contributed by atoms with Crippen LogP contribution in [0.2, 0.25) is 0 Å². The van der Waals surface area contributed by atoms with Crippen LogP contribution in [0.1, 0.15) is 38.3 Å². The fraction of sp³-hybridized carbons (Fsp3) is 0.231. The van der Waals surface area contributed by atoms with Crippen molar-refractivity contribution in [2.75, 3.05) is 11.4 Å². The largest absolute Gasteiger partial charge is 0.423 e. The van der Waals surface area contributed by atoms with E-state index in [9.17, 15) is 4.39 Å². The molecule has 5 aromatic rings. The van der Waals surface area contributed by atoms with E-state index in [0.717, 1.165) is 47.2 Å². The second-order valence-corrected chi connectivity index (χ2v) is 8.23. The summed E-state index contributed by atoms with van der Waals surface area (Å²) >= 11 is 0. The van der Waals surface area contributed by atoms with Gasteiger partial charge in [0.05, 0.1) is 6.04 Å². The van der Waals surface area contributed by atoms with Crippen molar-refractivity contribution >= 4 is 17.1 Å². The Labute approximate surface area is 196 Å². The molecule has 172 valence electrons. The third kappa shape index (κ3) is 4.26. The number of H-pyrrole nitrogens is 1. The topological polar surface area (TPSA) is 83.7 Å². The number of hydrogen-bond acceptors (Lipinski definition) is 6. The van der Waals surface area contributed by atoms with Gasteiger partial charge < -0.3 is 9.32 Å². The molecular formula is C26H25FN6O. The van der Waals surface area contributed by atoms with Crippen LogP contribution in [0.3, 0.4) is 0 Å². The number of nitrogens with zero attached hydrogens (tertiary/aromatic N) is 5. The third-order valence-electron chi connectivity index (χ3n) is 6.02. The van der Waals surface area contributed by atoms with Crippen molar-refractivity contribution in [2.24, 2.45) is 0 Å². The van der Waals surface area contributed by atoms with Crippen LogP contribution in [0.15, 0.2) is 71.1 Å². The molecule has 5 rings (SSSR count). The van der Waals surface area contributed by atoms with Gasteiger partial charge in [-0.2, -0.15) is 10.2 Å². The Hall–Kier alpha value is -4.07. The molecule has 0 radical (unpaired) electrons. The minimum Gasteiger partial charge on any atom is -0.423 e. The Balaban J connectivity index is 1.46. The Morgan fingerprint density at radius 3 is 2.59 bits per heavy atom. The van der Waals surface area contributed by atoms with Crippen LogP contribution >= 0.6 is 0 Å². The van der Waals surface area contributed by atoms with Crippen LogP contribution in [0.25, 0.3) is 33.6 Å². The fourth-order valence-electron chi connectivity index (χ4n) is 4.12. The van der Waals surface area contributed by atoms with E-state index in [4.69, 9.17) is 9.40 Å². The molecule has 0 spiro atoms. The van der Waals surface area contributed by atoms with Gasteiger partial charge in [0.15, 0.2) is 5.58 Å². The molecule has 1 atom stereocenters. The first kappa shape index (κ1) is 21.8. The maximum absolute atomic E-state index is 13.9. The van der Waals surface area contributed by atoms with Gasteiger partial charge in [0, 0.05) is 12.1 Å². The minimum absolute atomic E-state index is 0.0542. The van der Waals surface area contributed by atoms with Gasteiger partial charge in [0.2, 0.25) is 5.82 Å². The maximum Gasteiger partial charge on any atom is 0.298 e. The SMILES string of the molecule is CCCCN(c1nc2ccccc2o1)[C@H](C)c1ccc(-c2ccc(F)cc2-c2nn[nH]n2)cc1. The molecule has 0 aliphatic carbocycles. The fourth-order valence-corrected chi connectivity index (χ4v) is 4.12. The molecule has 0 amide bonds. The quantitative estimate of drug-likeness (QED) is 0.300. The van der Waals surface area contributed by atoms with Crippen LogP contribution in [-0.2, 0) is 0 Å². The maximum atomic E-state index is 13.9. The zero-order chi connectivity index (χ0) is 23.5. The molecule has 0 bridgehead atoms. The Morgan fingerprint density at radius 2 is 1.85 bits per heavy atom. The summed E-state index contributed by atoms with van der Waals surface area (Å²) in [5.74, 6) is 0.00679. The van der Waals surface area contributed by atoms with Crippen LogP contribution in [0.4, 0.5) is 10.4 Å². The summed E-state index contributed by atoms with van der Waals surface area (Å²) in [6, 6.07) is 21.4. The highest BCUT2D eigenvalue weighted by Crippen LogP contribution is 2.33. The summed E-state index contributed by atoms with van der Waals surface area (Å²) in [6.45, 7) is 5.17. The number of unbranched alkanes of at least 4 members (excludes halogenated alkanes) is 1. The van der Waals surface area contributed by atoms with Gasteiger partial charge in [-0.05, 0) is 59.5 Å². The van der Waals surface area contributed by atoms with Crippen molar-refractivity contribution in [1.29, 1.82) is 0 Å². The number of halogens is 1. The van der Waals surface area contributed by atoms with E-state index >= 15 is 0 Å².